The molecule has 20 heavy (non-hydrogen) atoms. The molecule has 0 spiro atoms. The number of methoxy groups -OCH3 is 1. The molecule has 1 aliphatic rings. The van der Waals surface area contributed by atoms with E-state index in [-0.39, 0.29) is 12.1 Å². The van der Waals surface area contributed by atoms with Crippen molar-refractivity contribution in [2.24, 2.45) is 0 Å². The molecule has 1 N–H and O–H groups in total. The Bertz CT molecular complexity index is 375. The summed E-state index contributed by atoms with van der Waals surface area (Å²) < 4.78 is 33.6. The molecule has 1 rings (SSSR count). The highest BCUT2D eigenvalue weighted by atomic mass is 32.2. The molecule has 2 unspecified atom stereocenters. The molecule has 120 valence electrons. The highest BCUT2D eigenvalue weighted by Crippen LogP contribution is 2.22. The topological polar surface area (TPSA) is 61.9 Å². The van der Waals surface area contributed by atoms with E-state index in [4.69, 9.17) is 4.74 Å². The van der Waals surface area contributed by atoms with Crippen molar-refractivity contribution in [1.82, 2.24) is 13.9 Å². The fourth-order valence-corrected chi connectivity index (χ4v) is 4.29. The van der Waals surface area contributed by atoms with Crippen LogP contribution in [0.2, 0.25) is 0 Å². The van der Waals surface area contributed by atoms with Crippen LogP contribution < -0.4 is 5.32 Å². The fourth-order valence-electron chi connectivity index (χ4n) is 2.53. The molecule has 0 saturated carbocycles. The van der Waals surface area contributed by atoms with Gasteiger partial charge in [0.1, 0.15) is 0 Å². The minimum Gasteiger partial charge on any atom is -0.383 e. The first kappa shape index (κ1) is 17.8. The zero-order valence-corrected chi connectivity index (χ0v) is 13.9. The fraction of sp³-hybridized carbons (Fsp3) is 1.00. The minimum absolute atomic E-state index is 0.0610. The van der Waals surface area contributed by atoms with Gasteiger partial charge >= 0.3 is 0 Å². The lowest BCUT2D eigenvalue weighted by molar-refractivity contribution is 0.142. The third kappa shape index (κ3) is 4.39. The van der Waals surface area contributed by atoms with Crippen LogP contribution in [0.4, 0.5) is 0 Å². The van der Waals surface area contributed by atoms with Gasteiger partial charge in [-0.1, -0.05) is 13.3 Å². The highest BCUT2D eigenvalue weighted by Gasteiger charge is 2.36. The molecule has 6 nitrogen and oxygen atoms in total. The Morgan fingerprint density at radius 3 is 2.75 bits per heavy atom. The van der Waals surface area contributed by atoms with Crippen molar-refractivity contribution in [3.8, 4) is 0 Å². The first-order valence-corrected chi connectivity index (χ1v) is 8.79. The minimum atomic E-state index is -3.42. The van der Waals surface area contributed by atoms with E-state index in [1.165, 1.54) is 4.31 Å². The maximum Gasteiger partial charge on any atom is 0.282 e. The summed E-state index contributed by atoms with van der Waals surface area (Å²) in [5, 5.41) is 3.26. The first-order chi connectivity index (χ1) is 9.45. The molecule has 1 fully saturated rings. The molecule has 1 aliphatic heterocycles. The highest BCUT2D eigenvalue weighted by molar-refractivity contribution is 7.86. The number of nitrogens with one attached hydrogen (secondary N) is 1. The molecule has 0 aromatic carbocycles. The van der Waals surface area contributed by atoms with Crippen LogP contribution in [0.3, 0.4) is 0 Å². The smallest absolute Gasteiger partial charge is 0.282 e. The Hall–Kier alpha value is -0.210. The van der Waals surface area contributed by atoms with Crippen LogP contribution in [-0.2, 0) is 14.9 Å². The van der Waals surface area contributed by atoms with Crippen molar-refractivity contribution in [2.45, 2.75) is 45.2 Å². The summed E-state index contributed by atoms with van der Waals surface area (Å²) in [6, 6.07) is -0.0994. The van der Waals surface area contributed by atoms with Gasteiger partial charge < -0.3 is 10.1 Å². The van der Waals surface area contributed by atoms with Crippen LogP contribution in [-0.4, -0.2) is 69.5 Å². The van der Waals surface area contributed by atoms with Crippen LogP contribution in [0.25, 0.3) is 0 Å². The molecule has 2 atom stereocenters. The molecule has 0 amide bonds. The van der Waals surface area contributed by atoms with Gasteiger partial charge in [0, 0.05) is 39.3 Å². The SMILES string of the molecule is CCNCC1CCCCN1S(=O)(=O)N(C)C(C)COC. The van der Waals surface area contributed by atoms with E-state index >= 15 is 0 Å². The van der Waals surface area contributed by atoms with Gasteiger partial charge in [-0.15, -0.1) is 0 Å². The summed E-state index contributed by atoms with van der Waals surface area (Å²) in [6.07, 6.45) is 2.96. The molecule has 7 heteroatoms. The van der Waals surface area contributed by atoms with Crippen molar-refractivity contribution < 1.29 is 13.2 Å². The molecular weight excluding hydrogens is 278 g/mol. The lowest BCUT2D eigenvalue weighted by Gasteiger charge is -2.38. The lowest BCUT2D eigenvalue weighted by atomic mass is 10.1. The molecular formula is C13H29N3O3S. The van der Waals surface area contributed by atoms with Crippen LogP contribution in [0.15, 0.2) is 0 Å². The van der Waals surface area contributed by atoms with E-state index in [0.29, 0.717) is 13.2 Å². The lowest BCUT2D eigenvalue weighted by Crippen LogP contribution is -2.54. The molecule has 0 aromatic heterocycles. The van der Waals surface area contributed by atoms with E-state index < -0.39 is 10.2 Å². The zero-order valence-electron chi connectivity index (χ0n) is 13.1. The number of nitrogens with zero attached hydrogens (tertiary/aromatic N) is 2. The predicted molar refractivity (Wildman–Crippen MR) is 80.9 cm³/mol. The number of hydrogen-bond acceptors (Lipinski definition) is 4. The number of rotatable bonds is 8. The van der Waals surface area contributed by atoms with E-state index in [9.17, 15) is 8.42 Å². The molecule has 1 heterocycles. The zero-order chi connectivity index (χ0) is 15.2. The second-order valence-corrected chi connectivity index (χ2v) is 7.34. The van der Waals surface area contributed by atoms with Gasteiger partial charge in [0.25, 0.3) is 10.2 Å². The van der Waals surface area contributed by atoms with Gasteiger partial charge in [-0.25, -0.2) is 0 Å². The van der Waals surface area contributed by atoms with Crippen molar-refractivity contribution in [3.05, 3.63) is 0 Å². The van der Waals surface area contributed by atoms with Crippen LogP contribution in [0.1, 0.15) is 33.1 Å². The third-order valence-electron chi connectivity index (χ3n) is 3.89. The van der Waals surface area contributed by atoms with Gasteiger partial charge in [0.05, 0.1) is 6.61 Å². The van der Waals surface area contributed by atoms with Crippen molar-refractivity contribution in [3.63, 3.8) is 0 Å². The van der Waals surface area contributed by atoms with Crippen molar-refractivity contribution in [1.29, 1.82) is 0 Å². The van der Waals surface area contributed by atoms with E-state index in [1.54, 1.807) is 18.5 Å². The normalized spacial score (nSPS) is 23.1. The Morgan fingerprint density at radius 2 is 2.15 bits per heavy atom. The van der Waals surface area contributed by atoms with E-state index in [1.807, 2.05) is 13.8 Å². The molecule has 0 aliphatic carbocycles. The first-order valence-electron chi connectivity index (χ1n) is 7.39. The molecule has 0 radical (unpaired) electrons. The van der Waals surface area contributed by atoms with Crippen molar-refractivity contribution in [2.75, 3.05) is 40.4 Å². The second kappa shape index (κ2) is 8.29. The maximum atomic E-state index is 12.7. The Balaban J connectivity index is 2.81. The largest absolute Gasteiger partial charge is 0.383 e. The Labute approximate surface area is 123 Å². The van der Waals surface area contributed by atoms with Gasteiger partial charge in [-0.2, -0.15) is 17.0 Å². The van der Waals surface area contributed by atoms with Gasteiger partial charge in [-0.05, 0) is 26.3 Å². The summed E-state index contributed by atoms with van der Waals surface area (Å²) in [4.78, 5) is 0. The standard InChI is InChI=1S/C13H29N3O3S/c1-5-14-10-13-8-6-7-9-16(13)20(17,18)15(3)12(2)11-19-4/h12-14H,5-11H2,1-4H3. The summed E-state index contributed by atoms with van der Waals surface area (Å²) >= 11 is 0. The average Bonchev–Trinajstić information content (AvgIpc) is 2.44. The van der Waals surface area contributed by atoms with E-state index in [0.717, 1.165) is 32.4 Å². The molecule has 0 aromatic rings. The molecule has 0 bridgehead atoms. The van der Waals surface area contributed by atoms with Crippen LogP contribution in [0.5, 0.6) is 0 Å². The van der Waals surface area contributed by atoms with Gasteiger partial charge in [0.15, 0.2) is 0 Å². The number of ether oxygens (including phenoxy) is 1. The summed E-state index contributed by atoms with van der Waals surface area (Å²) in [5.41, 5.74) is 0. The van der Waals surface area contributed by atoms with Crippen molar-refractivity contribution >= 4 is 10.2 Å². The third-order valence-corrected chi connectivity index (χ3v) is 6.05. The average molecular weight is 307 g/mol. The Morgan fingerprint density at radius 1 is 1.45 bits per heavy atom. The van der Waals surface area contributed by atoms with Gasteiger partial charge in [-0.3, -0.25) is 0 Å². The second-order valence-electron chi connectivity index (χ2n) is 5.40. The number of piperidine rings is 1. The monoisotopic (exact) mass is 307 g/mol. The quantitative estimate of drug-likeness (QED) is 0.716. The summed E-state index contributed by atoms with van der Waals surface area (Å²) in [5.74, 6) is 0. The van der Waals surface area contributed by atoms with E-state index in [2.05, 4.69) is 5.32 Å². The maximum absolute atomic E-state index is 12.7. The van der Waals surface area contributed by atoms with Crippen LogP contribution >= 0.6 is 0 Å². The number of likely N-dealkylation sites (N-methyl/N-ethyl adjacent to an activating group) is 2. The summed E-state index contributed by atoms with van der Waals surface area (Å²) in [6.45, 7) is 6.51. The summed E-state index contributed by atoms with van der Waals surface area (Å²) in [7, 11) is -0.190. The number of hydrogen-bond donors (Lipinski definition) is 1. The predicted octanol–water partition coefficient (Wildman–Crippen LogP) is 0.662. The Kier molecular flexibility index (Phi) is 7.39. The molecule has 1 saturated heterocycles. The van der Waals surface area contributed by atoms with Gasteiger partial charge in [0.2, 0.25) is 0 Å². The van der Waals surface area contributed by atoms with Crippen LogP contribution in [0, 0.1) is 0 Å².